The van der Waals surface area contributed by atoms with Gasteiger partial charge in [-0.2, -0.15) is 0 Å². The summed E-state index contributed by atoms with van der Waals surface area (Å²) >= 11 is 0. The van der Waals surface area contributed by atoms with Crippen LogP contribution in [0, 0.1) is 5.92 Å². The third kappa shape index (κ3) is 17.3. The number of ether oxygens (including phenoxy) is 1. The van der Waals surface area contributed by atoms with Crippen molar-refractivity contribution >= 4 is 0 Å². The molecule has 0 heterocycles. The summed E-state index contributed by atoms with van der Waals surface area (Å²) in [6.07, 6.45) is 22.6. The third-order valence-electron chi connectivity index (χ3n) is 5.55. The molecule has 2 unspecified atom stereocenters. The van der Waals surface area contributed by atoms with Gasteiger partial charge in [-0.15, -0.1) is 0 Å². The zero-order valence-electron chi connectivity index (χ0n) is 18.4. The Labute approximate surface area is 165 Å². The minimum absolute atomic E-state index is 0.343. The Balaban J connectivity index is 3.62. The van der Waals surface area contributed by atoms with Gasteiger partial charge in [0, 0.05) is 12.5 Å². The van der Waals surface area contributed by atoms with Crippen LogP contribution in [0.1, 0.15) is 136 Å². The third-order valence-corrected chi connectivity index (χ3v) is 5.55. The second kappa shape index (κ2) is 21.2. The first-order valence-corrected chi connectivity index (χ1v) is 12.1. The molecule has 0 amide bonds. The molecule has 0 aliphatic carbocycles. The summed E-state index contributed by atoms with van der Waals surface area (Å²) in [6.45, 7) is 7.48. The molecule has 2 atom stereocenters. The van der Waals surface area contributed by atoms with E-state index in [1.165, 1.54) is 96.3 Å². The fraction of sp³-hybridized carbons (Fsp3) is 1.00. The number of aliphatic hydroxyl groups is 1. The molecule has 0 aromatic heterocycles. The van der Waals surface area contributed by atoms with Crippen molar-refractivity contribution in [3.8, 4) is 0 Å². The van der Waals surface area contributed by atoms with Crippen molar-refractivity contribution in [2.24, 2.45) is 5.92 Å². The van der Waals surface area contributed by atoms with Crippen LogP contribution in [0.4, 0.5) is 0 Å². The summed E-state index contributed by atoms with van der Waals surface area (Å²) in [5.41, 5.74) is 0. The fourth-order valence-corrected chi connectivity index (χ4v) is 3.66. The van der Waals surface area contributed by atoms with Crippen LogP contribution in [-0.2, 0) is 4.74 Å². The maximum Gasteiger partial charge on any atom is 0.157 e. The largest absolute Gasteiger partial charge is 0.368 e. The van der Waals surface area contributed by atoms with Crippen LogP contribution >= 0.6 is 0 Å². The predicted octanol–water partition coefficient (Wildman–Crippen LogP) is 8.02. The van der Waals surface area contributed by atoms with Gasteiger partial charge in [0.1, 0.15) is 0 Å². The van der Waals surface area contributed by atoms with Gasteiger partial charge in [0.05, 0.1) is 0 Å². The van der Waals surface area contributed by atoms with Crippen molar-refractivity contribution in [2.45, 2.75) is 143 Å². The second-order valence-electron chi connectivity index (χ2n) is 8.19. The predicted molar refractivity (Wildman–Crippen MR) is 116 cm³/mol. The quantitative estimate of drug-likeness (QED) is 0.164. The van der Waals surface area contributed by atoms with Gasteiger partial charge >= 0.3 is 0 Å². The van der Waals surface area contributed by atoms with Crippen LogP contribution in [0.25, 0.3) is 0 Å². The number of unbranched alkanes of at least 4 members (excludes halogenated alkanes) is 13. The molecule has 0 fully saturated rings. The molecular formula is C24H50O2. The number of hydrogen-bond acceptors (Lipinski definition) is 2. The Morgan fingerprint density at radius 2 is 0.962 bits per heavy atom. The normalized spacial score (nSPS) is 13.8. The number of aliphatic hydroxyl groups excluding tert-OH is 1. The molecule has 0 rings (SSSR count). The van der Waals surface area contributed by atoms with Gasteiger partial charge < -0.3 is 9.84 Å². The Morgan fingerprint density at radius 1 is 0.538 bits per heavy atom. The Kier molecular flexibility index (Phi) is 21.2. The fourth-order valence-electron chi connectivity index (χ4n) is 3.66. The van der Waals surface area contributed by atoms with Crippen LogP contribution in [0.15, 0.2) is 0 Å². The van der Waals surface area contributed by atoms with Crippen molar-refractivity contribution in [3.63, 3.8) is 0 Å². The molecule has 2 nitrogen and oxygen atoms in total. The lowest BCUT2D eigenvalue weighted by atomic mass is 9.94. The number of rotatable bonds is 21. The molecule has 0 spiro atoms. The topological polar surface area (TPSA) is 29.5 Å². The van der Waals surface area contributed by atoms with Crippen molar-refractivity contribution in [1.82, 2.24) is 0 Å². The van der Waals surface area contributed by atoms with Crippen molar-refractivity contribution < 1.29 is 9.84 Å². The van der Waals surface area contributed by atoms with Crippen molar-refractivity contribution in [2.75, 3.05) is 6.61 Å². The van der Waals surface area contributed by atoms with E-state index in [0.29, 0.717) is 5.92 Å². The molecule has 158 valence electrons. The van der Waals surface area contributed by atoms with Gasteiger partial charge in [-0.05, 0) is 19.3 Å². The maximum atomic E-state index is 10.4. The van der Waals surface area contributed by atoms with Crippen LogP contribution in [0.3, 0.4) is 0 Å². The lowest BCUT2D eigenvalue weighted by molar-refractivity contribution is -0.138. The highest BCUT2D eigenvalue weighted by molar-refractivity contribution is 4.63. The summed E-state index contributed by atoms with van der Waals surface area (Å²) in [5.74, 6) is 0.343. The van der Waals surface area contributed by atoms with E-state index in [9.17, 15) is 5.11 Å². The first kappa shape index (κ1) is 25.9. The first-order valence-electron chi connectivity index (χ1n) is 12.1. The Hall–Kier alpha value is -0.0800. The van der Waals surface area contributed by atoms with E-state index >= 15 is 0 Å². The smallest absolute Gasteiger partial charge is 0.157 e. The molecule has 26 heavy (non-hydrogen) atoms. The molecular weight excluding hydrogens is 320 g/mol. The highest BCUT2D eigenvalue weighted by atomic mass is 16.6. The zero-order valence-corrected chi connectivity index (χ0v) is 18.4. The van der Waals surface area contributed by atoms with Crippen LogP contribution in [-0.4, -0.2) is 18.0 Å². The summed E-state index contributed by atoms with van der Waals surface area (Å²) in [7, 11) is 0. The first-order chi connectivity index (χ1) is 12.8. The highest BCUT2D eigenvalue weighted by Gasteiger charge is 2.18. The van der Waals surface area contributed by atoms with Gasteiger partial charge in [0.25, 0.3) is 0 Å². The zero-order chi connectivity index (χ0) is 19.3. The van der Waals surface area contributed by atoms with E-state index in [2.05, 4.69) is 20.8 Å². The summed E-state index contributed by atoms with van der Waals surface area (Å²) < 4.78 is 5.79. The van der Waals surface area contributed by atoms with Gasteiger partial charge in [-0.3, -0.25) is 0 Å². The van der Waals surface area contributed by atoms with E-state index in [0.717, 1.165) is 25.9 Å². The van der Waals surface area contributed by atoms with Crippen molar-refractivity contribution in [3.05, 3.63) is 0 Å². The minimum atomic E-state index is -0.540. The molecule has 1 N–H and O–H groups in total. The molecule has 2 heteroatoms. The summed E-state index contributed by atoms with van der Waals surface area (Å²) in [6, 6.07) is 0. The molecule has 0 radical (unpaired) electrons. The molecule has 0 saturated carbocycles. The molecule has 0 saturated heterocycles. The molecule has 0 aromatic carbocycles. The highest BCUT2D eigenvalue weighted by Crippen LogP contribution is 2.22. The molecule has 0 aliphatic rings. The molecule has 0 aliphatic heterocycles. The minimum Gasteiger partial charge on any atom is -0.368 e. The lowest BCUT2D eigenvalue weighted by Crippen LogP contribution is -2.24. The van der Waals surface area contributed by atoms with Crippen LogP contribution in [0.2, 0.25) is 0 Å². The monoisotopic (exact) mass is 370 g/mol. The Morgan fingerprint density at radius 3 is 1.50 bits per heavy atom. The molecule has 0 bridgehead atoms. The van der Waals surface area contributed by atoms with Gasteiger partial charge in [0.2, 0.25) is 0 Å². The SMILES string of the molecule is CCCCCCCCCCCCOC(O)C(CCCC)CCCCCC. The second-order valence-corrected chi connectivity index (χ2v) is 8.19. The Bertz CT molecular complexity index is 255. The van der Waals surface area contributed by atoms with E-state index in [1.54, 1.807) is 0 Å². The molecule has 0 aromatic rings. The number of hydrogen-bond donors (Lipinski definition) is 1. The van der Waals surface area contributed by atoms with E-state index in [4.69, 9.17) is 4.74 Å². The lowest BCUT2D eigenvalue weighted by Gasteiger charge is -2.23. The van der Waals surface area contributed by atoms with Gasteiger partial charge in [-0.25, -0.2) is 0 Å². The van der Waals surface area contributed by atoms with E-state index in [1.807, 2.05) is 0 Å². The average molecular weight is 371 g/mol. The maximum absolute atomic E-state index is 10.4. The average Bonchev–Trinajstić information content (AvgIpc) is 2.65. The van der Waals surface area contributed by atoms with E-state index < -0.39 is 6.29 Å². The van der Waals surface area contributed by atoms with Crippen LogP contribution < -0.4 is 0 Å². The summed E-state index contributed by atoms with van der Waals surface area (Å²) in [5, 5.41) is 10.4. The van der Waals surface area contributed by atoms with Crippen LogP contribution in [0.5, 0.6) is 0 Å². The standard InChI is InChI=1S/C24H50O2/c1-4-7-10-12-13-14-15-16-17-19-22-26-24(25)23(20-9-6-3)21-18-11-8-5-2/h23-25H,4-22H2,1-3H3. The van der Waals surface area contributed by atoms with E-state index in [-0.39, 0.29) is 0 Å². The van der Waals surface area contributed by atoms with Crippen molar-refractivity contribution in [1.29, 1.82) is 0 Å². The summed E-state index contributed by atoms with van der Waals surface area (Å²) in [4.78, 5) is 0. The van der Waals surface area contributed by atoms with Gasteiger partial charge in [0.15, 0.2) is 6.29 Å². The van der Waals surface area contributed by atoms with Gasteiger partial charge in [-0.1, -0.05) is 117 Å².